The summed E-state index contributed by atoms with van der Waals surface area (Å²) in [5.41, 5.74) is 1.41. The number of amides is 2. The number of thioether (sulfide) groups is 1. The van der Waals surface area contributed by atoms with Crippen molar-refractivity contribution in [3.05, 3.63) is 59.7 Å². The minimum absolute atomic E-state index is 0.124. The molecular weight excluding hydrogens is 400 g/mol. The Balaban J connectivity index is 2.08. The van der Waals surface area contributed by atoms with Gasteiger partial charge in [0.05, 0.1) is 19.3 Å². The SMILES string of the molecule is CCOc1ccc(CN(C)C(=O)C(CCSC)NC(=O)c2ccccc2OC)cc1. The predicted octanol–water partition coefficient (Wildman–Crippen LogP) is 3.60. The van der Waals surface area contributed by atoms with Crippen LogP contribution < -0.4 is 14.8 Å². The first-order valence-corrected chi connectivity index (χ1v) is 11.3. The van der Waals surface area contributed by atoms with E-state index in [1.165, 1.54) is 7.11 Å². The zero-order valence-corrected chi connectivity index (χ0v) is 18.8. The fraction of sp³-hybridized carbons (Fsp3) is 0.391. The number of benzene rings is 2. The Bertz CT molecular complexity index is 826. The van der Waals surface area contributed by atoms with E-state index in [4.69, 9.17) is 9.47 Å². The van der Waals surface area contributed by atoms with Crippen molar-refractivity contribution in [3.63, 3.8) is 0 Å². The lowest BCUT2D eigenvalue weighted by Crippen LogP contribution is -2.47. The molecule has 2 amide bonds. The van der Waals surface area contributed by atoms with Gasteiger partial charge >= 0.3 is 0 Å². The lowest BCUT2D eigenvalue weighted by Gasteiger charge is -2.25. The molecule has 0 spiro atoms. The Labute approximate surface area is 182 Å². The topological polar surface area (TPSA) is 67.9 Å². The molecule has 6 nitrogen and oxygen atoms in total. The van der Waals surface area contributed by atoms with Gasteiger partial charge in [0.1, 0.15) is 17.5 Å². The number of methoxy groups -OCH3 is 1. The van der Waals surface area contributed by atoms with Crippen LogP contribution in [0.4, 0.5) is 0 Å². The van der Waals surface area contributed by atoms with E-state index in [0.29, 0.717) is 30.9 Å². The molecule has 1 N–H and O–H groups in total. The van der Waals surface area contributed by atoms with E-state index < -0.39 is 6.04 Å². The average Bonchev–Trinajstić information content (AvgIpc) is 2.77. The summed E-state index contributed by atoms with van der Waals surface area (Å²) in [7, 11) is 3.27. The van der Waals surface area contributed by atoms with Gasteiger partial charge in [-0.1, -0.05) is 24.3 Å². The van der Waals surface area contributed by atoms with Gasteiger partial charge in [-0.25, -0.2) is 0 Å². The van der Waals surface area contributed by atoms with E-state index >= 15 is 0 Å². The minimum Gasteiger partial charge on any atom is -0.496 e. The van der Waals surface area contributed by atoms with Crippen molar-refractivity contribution < 1.29 is 19.1 Å². The van der Waals surface area contributed by atoms with E-state index in [1.54, 1.807) is 48.0 Å². The summed E-state index contributed by atoms with van der Waals surface area (Å²) >= 11 is 1.64. The Morgan fingerprint density at radius 1 is 1.13 bits per heavy atom. The Hall–Kier alpha value is -2.67. The molecule has 0 radical (unpaired) electrons. The molecule has 30 heavy (non-hydrogen) atoms. The fourth-order valence-corrected chi connectivity index (χ4v) is 3.51. The number of carbonyl (C=O) groups excluding carboxylic acids is 2. The lowest BCUT2D eigenvalue weighted by atomic mass is 10.1. The monoisotopic (exact) mass is 430 g/mol. The number of ether oxygens (including phenoxy) is 2. The van der Waals surface area contributed by atoms with Gasteiger partial charge in [0, 0.05) is 13.6 Å². The molecule has 0 aliphatic rings. The van der Waals surface area contributed by atoms with Gasteiger partial charge in [-0.05, 0) is 55.2 Å². The van der Waals surface area contributed by atoms with Gasteiger partial charge in [-0.3, -0.25) is 9.59 Å². The van der Waals surface area contributed by atoms with Gasteiger partial charge < -0.3 is 19.7 Å². The summed E-state index contributed by atoms with van der Waals surface area (Å²) < 4.78 is 10.7. The third kappa shape index (κ3) is 6.69. The molecule has 1 atom stereocenters. The average molecular weight is 431 g/mol. The number of rotatable bonds is 11. The molecule has 2 rings (SSSR count). The van der Waals surface area contributed by atoms with Crippen molar-refractivity contribution >= 4 is 23.6 Å². The number of nitrogens with zero attached hydrogens (tertiary/aromatic N) is 1. The molecule has 0 fully saturated rings. The summed E-state index contributed by atoms with van der Waals surface area (Å²) in [6.45, 7) is 3.00. The molecule has 7 heteroatoms. The molecule has 0 saturated heterocycles. The van der Waals surface area contributed by atoms with Crippen LogP contribution in [0.1, 0.15) is 29.3 Å². The van der Waals surface area contributed by atoms with Crippen LogP contribution in [0, 0.1) is 0 Å². The van der Waals surface area contributed by atoms with Gasteiger partial charge in [-0.2, -0.15) is 11.8 Å². The second-order valence-corrected chi connectivity index (χ2v) is 7.76. The molecule has 0 heterocycles. The van der Waals surface area contributed by atoms with E-state index in [-0.39, 0.29) is 11.8 Å². The van der Waals surface area contributed by atoms with Crippen molar-refractivity contribution in [1.82, 2.24) is 10.2 Å². The number of para-hydroxylation sites is 1. The third-order valence-corrected chi connectivity index (χ3v) is 5.24. The van der Waals surface area contributed by atoms with Crippen LogP contribution in [0.2, 0.25) is 0 Å². The maximum atomic E-state index is 13.1. The van der Waals surface area contributed by atoms with Crippen LogP contribution in [-0.4, -0.2) is 55.5 Å². The fourth-order valence-electron chi connectivity index (χ4n) is 3.04. The minimum atomic E-state index is -0.609. The first-order chi connectivity index (χ1) is 14.5. The predicted molar refractivity (Wildman–Crippen MR) is 121 cm³/mol. The molecule has 0 aliphatic carbocycles. The van der Waals surface area contributed by atoms with E-state index in [0.717, 1.165) is 17.1 Å². The third-order valence-electron chi connectivity index (χ3n) is 4.60. The largest absolute Gasteiger partial charge is 0.496 e. The van der Waals surface area contributed by atoms with Crippen molar-refractivity contribution in [2.45, 2.75) is 25.9 Å². The normalized spacial score (nSPS) is 11.5. The first kappa shape index (κ1) is 23.6. The van der Waals surface area contributed by atoms with Crippen molar-refractivity contribution in [2.24, 2.45) is 0 Å². The number of likely N-dealkylation sites (N-methyl/N-ethyl adjacent to an activating group) is 1. The molecule has 0 aliphatic heterocycles. The zero-order chi connectivity index (χ0) is 21.9. The highest BCUT2D eigenvalue weighted by Crippen LogP contribution is 2.18. The van der Waals surface area contributed by atoms with E-state index in [2.05, 4.69) is 5.32 Å². The smallest absolute Gasteiger partial charge is 0.255 e. The van der Waals surface area contributed by atoms with Crippen molar-refractivity contribution in [2.75, 3.05) is 32.8 Å². The second-order valence-electron chi connectivity index (χ2n) is 6.78. The zero-order valence-electron chi connectivity index (χ0n) is 18.0. The maximum Gasteiger partial charge on any atom is 0.255 e. The van der Waals surface area contributed by atoms with Crippen LogP contribution in [-0.2, 0) is 11.3 Å². The molecule has 0 saturated carbocycles. The van der Waals surface area contributed by atoms with Crippen LogP contribution in [0.25, 0.3) is 0 Å². The van der Waals surface area contributed by atoms with Crippen molar-refractivity contribution in [3.8, 4) is 11.5 Å². The van der Waals surface area contributed by atoms with Gasteiger partial charge in [0.2, 0.25) is 5.91 Å². The lowest BCUT2D eigenvalue weighted by molar-refractivity contribution is -0.132. The quantitative estimate of drug-likeness (QED) is 0.590. The molecule has 2 aromatic rings. The Kier molecular flexibility index (Phi) is 9.54. The van der Waals surface area contributed by atoms with Crippen LogP contribution in [0.15, 0.2) is 48.5 Å². The van der Waals surface area contributed by atoms with Gasteiger partial charge in [0.25, 0.3) is 5.91 Å². The summed E-state index contributed by atoms with van der Waals surface area (Å²) in [4.78, 5) is 27.5. The number of hydrogen-bond donors (Lipinski definition) is 1. The van der Waals surface area contributed by atoms with Gasteiger partial charge in [-0.15, -0.1) is 0 Å². The van der Waals surface area contributed by atoms with E-state index in [1.807, 2.05) is 37.4 Å². The molecule has 0 aromatic heterocycles. The highest BCUT2D eigenvalue weighted by atomic mass is 32.2. The summed E-state index contributed by atoms with van der Waals surface area (Å²) in [6.07, 6.45) is 2.53. The Morgan fingerprint density at radius 3 is 2.47 bits per heavy atom. The number of hydrogen-bond acceptors (Lipinski definition) is 5. The number of nitrogens with one attached hydrogen (secondary N) is 1. The van der Waals surface area contributed by atoms with Crippen LogP contribution in [0.3, 0.4) is 0 Å². The van der Waals surface area contributed by atoms with Crippen LogP contribution >= 0.6 is 11.8 Å². The summed E-state index contributed by atoms with van der Waals surface area (Å²) in [5, 5.41) is 2.89. The summed E-state index contributed by atoms with van der Waals surface area (Å²) in [5.74, 6) is 1.60. The highest BCUT2D eigenvalue weighted by molar-refractivity contribution is 7.98. The Morgan fingerprint density at radius 2 is 1.83 bits per heavy atom. The first-order valence-electron chi connectivity index (χ1n) is 9.89. The highest BCUT2D eigenvalue weighted by Gasteiger charge is 2.25. The molecule has 1 unspecified atom stereocenters. The molecule has 0 bridgehead atoms. The molecule has 162 valence electrons. The van der Waals surface area contributed by atoms with E-state index in [9.17, 15) is 9.59 Å². The molecule has 2 aromatic carbocycles. The van der Waals surface area contributed by atoms with Crippen molar-refractivity contribution in [1.29, 1.82) is 0 Å². The molecular formula is C23H30N2O4S. The number of carbonyl (C=O) groups is 2. The second kappa shape index (κ2) is 12.1. The van der Waals surface area contributed by atoms with Gasteiger partial charge in [0.15, 0.2) is 0 Å². The van der Waals surface area contributed by atoms with Crippen LogP contribution in [0.5, 0.6) is 11.5 Å². The maximum absolute atomic E-state index is 13.1. The summed E-state index contributed by atoms with van der Waals surface area (Å²) in [6, 6.07) is 14.1. The standard InChI is InChI=1S/C23H30N2O4S/c1-5-29-18-12-10-17(11-13-18)16-25(2)23(27)20(14-15-30-4)24-22(26)19-8-6-7-9-21(19)28-3/h6-13,20H,5,14-16H2,1-4H3,(H,24,26).